The molecule has 1 amide bonds. The van der Waals surface area contributed by atoms with Crippen LogP contribution in [0.25, 0.3) is 0 Å². The van der Waals surface area contributed by atoms with Crippen LogP contribution in [0.3, 0.4) is 0 Å². The standard InChI is InChI=1S/C18H13F3N4O/c19-12-6-7-13(18(21)17(12)20)22-14-8-9-15(25-24-14)23-16(26)10-11-4-2-1-3-5-11/h1-9H,10H2,(H,22,24)(H,23,25,26). The highest BCUT2D eigenvalue weighted by Crippen LogP contribution is 2.22. The molecule has 1 aromatic heterocycles. The largest absolute Gasteiger partial charge is 0.336 e. The predicted octanol–water partition coefficient (Wildman–Crippen LogP) is 3.82. The molecule has 0 saturated heterocycles. The number of anilines is 3. The van der Waals surface area contributed by atoms with Gasteiger partial charge in [0.2, 0.25) is 5.91 Å². The van der Waals surface area contributed by atoms with Crippen LogP contribution in [0.1, 0.15) is 5.56 Å². The Bertz CT molecular complexity index is 918. The molecule has 0 unspecified atom stereocenters. The highest BCUT2D eigenvalue weighted by molar-refractivity contribution is 5.91. The van der Waals surface area contributed by atoms with E-state index in [9.17, 15) is 18.0 Å². The number of benzene rings is 2. The van der Waals surface area contributed by atoms with Crippen LogP contribution in [0.5, 0.6) is 0 Å². The number of carbonyl (C=O) groups excluding carboxylic acids is 1. The van der Waals surface area contributed by atoms with Gasteiger partial charge in [0.05, 0.1) is 12.1 Å². The van der Waals surface area contributed by atoms with Gasteiger partial charge in [-0.2, -0.15) is 0 Å². The van der Waals surface area contributed by atoms with Crippen LogP contribution in [-0.4, -0.2) is 16.1 Å². The number of hydrogen-bond donors (Lipinski definition) is 2. The first-order valence-corrected chi connectivity index (χ1v) is 7.61. The Balaban J connectivity index is 1.63. The minimum atomic E-state index is -1.58. The van der Waals surface area contributed by atoms with Gasteiger partial charge in [0.1, 0.15) is 0 Å². The van der Waals surface area contributed by atoms with E-state index in [1.807, 2.05) is 30.3 Å². The average Bonchev–Trinajstić information content (AvgIpc) is 2.64. The lowest BCUT2D eigenvalue weighted by atomic mass is 10.1. The van der Waals surface area contributed by atoms with Gasteiger partial charge in [0, 0.05) is 0 Å². The van der Waals surface area contributed by atoms with Crippen LogP contribution in [0.2, 0.25) is 0 Å². The van der Waals surface area contributed by atoms with E-state index in [4.69, 9.17) is 0 Å². The molecule has 0 aliphatic rings. The third-order valence-electron chi connectivity index (χ3n) is 3.44. The fraction of sp³-hybridized carbons (Fsp3) is 0.0556. The van der Waals surface area contributed by atoms with E-state index in [1.54, 1.807) is 0 Å². The molecule has 0 aliphatic carbocycles. The summed E-state index contributed by atoms with van der Waals surface area (Å²) < 4.78 is 39.7. The highest BCUT2D eigenvalue weighted by atomic mass is 19.2. The van der Waals surface area contributed by atoms with Crippen molar-refractivity contribution in [3.63, 3.8) is 0 Å². The van der Waals surface area contributed by atoms with Gasteiger partial charge < -0.3 is 10.6 Å². The lowest BCUT2D eigenvalue weighted by Crippen LogP contribution is -2.15. The van der Waals surface area contributed by atoms with Crippen LogP contribution in [0.4, 0.5) is 30.5 Å². The van der Waals surface area contributed by atoms with Crippen LogP contribution < -0.4 is 10.6 Å². The van der Waals surface area contributed by atoms with Gasteiger partial charge in [-0.1, -0.05) is 30.3 Å². The lowest BCUT2D eigenvalue weighted by molar-refractivity contribution is -0.115. The van der Waals surface area contributed by atoms with E-state index in [1.165, 1.54) is 12.1 Å². The van der Waals surface area contributed by atoms with Crippen molar-refractivity contribution < 1.29 is 18.0 Å². The van der Waals surface area contributed by atoms with Crippen molar-refractivity contribution in [1.82, 2.24) is 10.2 Å². The number of halogens is 3. The van der Waals surface area contributed by atoms with E-state index in [2.05, 4.69) is 20.8 Å². The number of rotatable bonds is 5. The molecular formula is C18H13F3N4O. The molecule has 0 spiro atoms. The zero-order valence-electron chi connectivity index (χ0n) is 13.3. The molecular weight excluding hydrogens is 345 g/mol. The van der Waals surface area contributed by atoms with Gasteiger partial charge in [-0.15, -0.1) is 10.2 Å². The van der Waals surface area contributed by atoms with E-state index in [0.717, 1.165) is 17.7 Å². The molecule has 1 heterocycles. The van der Waals surface area contributed by atoms with Gasteiger partial charge in [-0.05, 0) is 29.8 Å². The monoisotopic (exact) mass is 358 g/mol. The van der Waals surface area contributed by atoms with Crippen molar-refractivity contribution in [2.75, 3.05) is 10.6 Å². The van der Waals surface area contributed by atoms with Crippen LogP contribution in [0.15, 0.2) is 54.6 Å². The number of aromatic nitrogens is 2. The Kier molecular flexibility index (Phi) is 5.12. The molecule has 2 N–H and O–H groups in total. The van der Waals surface area contributed by atoms with E-state index in [0.29, 0.717) is 0 Å². The highest BCUT2D eigenvalue weighted by Gasteiger charge is 2.14. The minimum absolute atomic E-state index is 0.107. The first kappa shape index (κ1) is 17.4. The number of hydrogen-bond acceptors (Lipinski definition) is 4. The summed E-state index contributed by atoms with van der Waals surface area (Å²) in [6.07, 6.45) is 0.183. The lowest BCUT2D eigenvalue weighted by Gasteiger charge is -2.08. The third kappa shape index (κ3) is 4.15. The summed E-state index contributed by atoms with van der Waals surface area (Å²) in [4.78, 5) is 12.0. The van der Waals surface area contributed by atoms with Crippen molar-refractivity contribution >= 4 is 23.2 Å². The molecule has 0 radical (unpaired) electrons. The van der Waals surface area contributed by atoms with Crippen molar-refractivity contribution in [2.24, 2.45) is 0 Å². The molecule has 8 heteroatoms. The van der Waals surface area contributed by atoms with Gasteiger partial charge in [-0.3, -0.25) is 4.79 Å². The Morgan fingerprint density at radius 1 is 0.846 bits per heavy atom. The minimum Gasteiger partial charge on any atom is -0.336 e. The quantitative estimate of drug-likeness (QED) is 0.681. The molecule has 0 atom stereocenters. The number of nitrogens with zero attached hydrogens (tertiary/aromatic N) is 2. The average molecular weight is 358 g/mol. The summed E-state index contributed by atoms with van der Waals surface area (Å²) in [5, 5.41) is 12.6. The number of nitrogens with one attached hydrogen (secondary N) is 2. The first-order chi connectivity index (χ1) is 12.5. The molecule has 5 nitrogen and oxygen atoms in total. The molecule has 3 aromatic rings. The fourth-order valence-corrected chi connectivity index (χ4v) is 2.19. The maximum Gasteiger partial charge on any atom is 0.229 e. The van der Waals surface area contributed by atoms with E-state index in [-0.39, 0.29) is 29.7 Å². The number of amides is 1. The van der Waals surface area contributed by atoms with Crippen molar-refractivity contribution in [1.29, 1.82) is 0 Å². The number of carbonyl (C=O) groups is 1. The van der Waals surface area contributed by atoms with E-state index < -0.39 is 17.5 Å². The van der Waals surface area contributed by atoms with Crippen LogP contribution in [-0.2, 0) is 11.2 Å². The normalized spacial score (nSPS) is 10.4. The zero-order chi connectivity index (χ0) is 18.5. The van der Waals surface area contributed by atoms with Crippen molar-refractivity contribution in [3.8, 4) is 0 Å². The molecule has 132 valence electrons. The summed E-state index contributed by atoms with van der Waals surface area (Å²) in [5.74, 6) is -4.16. The Morgan fingerprint density at radius 3 is 2.23 bits per heavy atom. The maximum atomic E-state index is 13.6. The molecule has 26 heavy (non-hydrogen) atoms. The van der Waals surface area contributed by atoms with Gasteiger partial charge in [-0.25, -0.2) is 13.2 Å². The molecule has 0 aliphatic heterocycles. The summed E-state index contributed by atoms with van der Waals surface area (Å²) in [7, 11) is 0. The van der Waals surface area contributed by atoms with Gasteiger partial charge >= 0.3 is 0 Å². The topological polar surface area (TPSA) is 66.9 Å². The SMILES string of the molecule is O=C(Cc1ccccc1)Nc1ccc(Nc2ccc(F)c(F)c2F)nn1. The Labute approximate surface area is 146 Å². The van der Waals surface area contributed by atoms with Crippen LogP contribution >= 0.6 is 0 Å². The van der Waals surface area contributed by atoms with Crippen molar-refractivity contribution in [2.45, 2.75) is 6.42 Å². The Hall–Kier alpha value is -3.42. The maximum absolute atomic E-state index is 13.6. The van der Waals surface area contributed by atoms with E-state index >= 15 is 0 Å². The summed E-state index contributed by atoms with van der Waals surface area (Å²) >= 11 is 0. The van der Waals surface area contributed by atoms with Gasteiger partial charge in [0.15, 0.2) is 29.1 Å². The summed E-state index contributed by atoms with van der Waals surface area (Å²) in [5.41, 5.74) is 0.573. The molecule has 0 saturated carbocycles. The van der Waals surface area contributed by atoms with Crippen LogP contribution in [0, 0.1) is 17.5 Å². The van der Waals surface area contributed by atoms with Crippen molar-refractivity contribution in [3.05, 3.63) is 77.6 Å². The fourth-order valence-electron chi connectivity index (χ4n) is 2.19. The smallest absolute Gasteiger partial charge is 0.229 e. The second-order valence-corrected chi connectivity index (χ2v) is 5.36. The molecule has 0 fully saturated rings. The molecule has 3 rings (SSSR count). The summed E-state index contributed by atoms with van der Waals surface area (Å²) in [6, 6.07) is 13.9. The predicted molar refractivity (Wildman–Crippen MR) is 90.4 cm³/mol. The van der Waals surface area contributed by atoms with Gasteiger partial charge in [0.25, 0.3) is 0 Å². The second kappa shape index (κ2) is 7.64. The zero-order valence-corrected chi connectivity index (χ0v) is 13.3. The molecule has 2 aromatic carbocycles. The third-order valence-corrected chi connectivity index (χ3v) is 3.44. The second-order valence-electron chi connectivity index (χ2n) is 5.36. The first-order valence-electron chi connectivity index (χ1n) is 7.61. The molecule has 0 bridgehead atoms. The Morgan fingerprint density at radius 2 is 1.54 bits per heavy atom. The summed E-state index contributed by atoms with van der Waals surface area (Å²) in [6.45, 7) is 0.